The van der Waals surface area contributed by atoms with Crippen LogP contribution in [0.3, 0.4) is 0 Å². The first kappa shape index (κ1) is 16.4. The number of fused-ring (bicyclic) bond motifs is 1. The van der Waals surface area contributed by atoms with Gasteiger partial charge in [-0.1, -0.05) is 0 Å². The van der Waals surface area contributed by atoms with Crippen molar-refractivity contribution < 1.29 is 9.18 Å². The van der Waals surface area contributed by atoms with Crippen molar-refractivity contribution in [2.75, 3.05) is 5.32 Å². The van der Waals surface area contributed by atoms with E-state index in [2.05, 4.69) is 15.4 Å². The van der Waals surface area contributed by atoms with Crippen LogP contribution in [0.4, 0.5) is 10.1 Å². The standard InChI is InChI=1S/C19H15FN4OS/c1-11-21-16-9-14(7-8-18(16)26-11)22-19(25)17-10-15(23-24(17)2)12-3-5-13(20)6-4-12/h3-10H,1-2H3,(H,22,25). The van der Waals surface area contributed by atoms with Gasteiger partial charge in [-0.05, 0) is 55.5 Å². The zero-order valence-electron chi connectivity index (χ0n) is 14.2. The minimum absolute atomic E-state index is 0.264. The average Bonchev–Trinajstić information content (AvgIpc) is 3.17. The van der Waals surface area contributed by atoms with Crippen LogP contribution in [0.25, 0.3) is 21.5 Å². The van der Waals surface area contributed by atoms with Crippen molar-refractivity contribution in [3.05, 3.63) is 65.0 Å². The Balaban J connectivity index is 1.60. The number of carbonyl (C=O) groups is 1. The number of hydrogen-bond acceptors (Lipinski definition) is 4. The molecule has 0 aliphatic heterocycles. The summed E-state index contributed by atoms with van der Waals surface area (Å²) in [5.74, 6) is -0.574. The van der Waals surface area contributed by atoms with E-state index in [9.17, 15) is 9.18 Å². The molecule has 0 unspecified atom stereocenters. The molecule has 5 nitrogen and oxygen atoms in total. The average molecular weight is 366 g/mol. The minimum Gasteiger partial charge on any atom is -0.321 e. The number of aryl methyl sites for hydroxylation is 2. The highest BCUT2D eigenvalue weighted by Gasteiger charge is 2.15. The van der Waals surface area contributed by atoms with Gasteiger partial charge in [0.25, 0.3) is 5.91 Å². The molecule has 0 saturated carbocycles. The van der Waals surface area contributed by atoms with Gasteiger partial charge in [0.05, 0.1) is 20.9 Å². The first-order chi connectivity index (χ1) is 12.5. The van der Waals surface area contributed by atoms with Crippen molar-refractivity contribution in [3.63, 3.8) is 0 Å². The summed E-state index contributed by atoms with van der Waals surface area (Å²) in [4.78, 5) is 17.1. The van der Waals surface area contributed by atoms with Gasteiger partial charge < -0.3 is 5.32 Å². The van der Waals surface area contributed by atoms with Crippen molar-refractivity contribution in [2.24, 2.45) is 7.05 Å². The highest BCUT2D eigenvalue weighted by molar-refractivity contribution is 7.18. The van der Waals surface area contributed by atoms with E-state index in [0.29, 0.717) is 17.1 Å². The molecule has 1 N–H and O–H groups in total. The lowest BCUT2D eigenvalue weighted by atomic mass is 10.1. The zero-order valence-corrected chi connectivity index (χ0v) is 15.0. The van der Waals surface area contributed by atoms with E-state index in [1.165, 1.54) is 16.8 Å². The summed E-state index contributed by atoms with van der Waals surface area (Å²) in [7, 11) is 1.70. The van der Waals surface area contributed by atoms with E-state index in [1.54, 1.807) is 36.6 Å². The Morgan fingerprint density at radius 3 is 2.69 bits per heavy atom. The molecule has 7 heteroatoms. The van der Waals surface area contributed by atoms with Crippen LogP contribution in [0.1, 0.15) is 15.5 Å². The molecule has 130 valence electrons. The number of benzene rings is 2. The first-order valence-electron chi connectivity index (χ1n) is 7.98. The van der Waals surface area contributed by atoms with E-state index >= 15 is 0 Å². The third-order valence-corrected chi connectivity index (χ3v) is 4.96. The lowest BCUT2D eigenvalue weighted by Crippen LogP contribution is -2.15. The Hall–Kier alpha value is -3.06. The quantitative estimate of drug-likeness (QED) is 0.585. The van der Waals surface area contributed by atoms with E-state index in [0.717, 1.165) is 20.8 Å². The molecule has 0 aliphatic rings. The molecule has 0 radical (unpaired) electrons. The summed E-state index contributed by atoms with van der Waals surface area (Å²) in [6, 6.07) is 13.4. The van der Waals surface area contributed by atoms with Crippen LogP contribution < -0.4 is 5.32 Å². The Labute approximate surface area is 153 Å². The molecule has 0 bridgehead atoms. The predicted octanol–water partition coefficient (Wildman–Crippen LogP) is 4.40. The third kappa shape index (κ3) is 3.09. The normalized spacial score (nSPS) is 11.0. The van der Waals surface area contributed by atoms with Crippen molar-refractivity contribution in [1.29, 1.82) is 0 Å². The number of thiazole rings is 1. The van der Waals surface area contributed by atoms with Crippen LogP contribution in [0.5, 0.6) is 0 Å². The number of amides is 1. The van der Waals surface area contributed by atoms with E-state index < -0.39 is 0 Å². The van der Waals surface area contributed by atoms with Gasteiger partial charge in [-0.25, -0.2) is 9.37 Å². The second-order valence-corrected chi connectivity index (χ2v) is 7.15. The van der Waals surface area contributed by atoms with Crippen LogP contribution in [0.15, 0.2) is 48.5 Å². The van der Waals surface area contributed by atoms with Crippen LogP contribution in [0.2, 0.25) is 0 Å². The number of nitrogens with one attached hydrogen (secondary N) is 1. The van der Waals surface area contributed by atoms with Crippen LogP contribution in [-0.4, -0.2) is 20.7 Å². The van der Waals surface area contributed by atoms with Gasteiger partial charge in [0, 0.05) is 18.3 Å². The number of hydrogen-bond donors (Lipinski definition) is 1. The summed E-state index contributed by atoms with van der Waals surface area (Å²) >= 11 is 1.62. The smallest absolute Gasteiger partial charge is 0.273 e. The van der Waals surface area contributed by atoms with E-state index in [4.69, 9.17) is 0 Å². The Bertz CT molecular complexity index is 1110. The van der Waals surface area contributed by atoms with Gasteiger partial charge in [0.1, 0.15) is 11.5 Å². The largest absolute Gasteiger partial charge is 0.321 e. The second-order valence-electron chi connectivity index (χ2n) is 5.91. The Kier molecular flexibility index (Phi) is 4.00. The van der Waals surface area contributed by atoms with Gasteiger partial charge in [0.15, 0.2) is 0 Å². The molecule has 2 aromatic carbocycles. The SMILES string of the molecule is Cc1nc2cc(NC(=O)c3cc(-c4ccc(F)cc4)nn3C)ccc2s1. The highest BCUT2D eigenvalue weighted by Crippen LogP contribution is 2.25. The number of carbonyl (C=O) groups excluding carboxylic acids is 1. The third-order valence-electron chi connectivity index (χ3n) is 4.00. The molecule has 4 rings (SSSR count). The van der Waals surface area contributed by atoms with Crippen molar-refractivity contribution >= 4 is 33.1 Å². The predicted molar refractivity (Wildman–Crippen MR) is 101 cm³/mol. The molecule has 2 heterocycles. The topological polar surface area (TPSA) is 59.8 Å². The number of rotatable bonds is 3. The summed E-state index contributed by atoms with van der Waals surface area (Å²) in [6.07, 6.45) is 0. The lowest BCUT2D eigenvalue weighted by molar-refractivity contribution is 0.101. The zero-order chi connectivity index (χ0) is 18.3. The number of anilines is 1. The highest BCUT2D eigenvalue weighted by atomic mass is 32.1. The van der Waals surface area contributed by atoms with E-state index in [1.807, 2.05) is 25.1 Å². The Morgan fingerprint density at radius 1 is 1.15 bits per heavy atom. The van der Waals surface area contributed by atoms with Crippen molar-refractivity contribution in [3.8, 4) is 11.3 Å². The molecule has 0 atom stereocenters. The van der Waals surface area contributed by atoms with Crippen LogP contribution >= 0.6 is 11.3 Å². The molecule has 4 aromatic rings. The molecule has 0 aliphatic carbocycles. The molecular weight excluding hydrogens is 351 g/mol. The number of nitrogens with zero attached hydrogens (tertiary/aromatic N) is 3. The van der Waals surface area contributed by atoms with Crippen LogP contribution in [-0.2, 0) is 7.05 Å². The van der Waals surface area contributed by atoms with Gasteiger partial charge in [-0.2, -0.15) is 5.10 Å². The lowest BCUT2D eigenvalue weighted by Gasteiger charge is -2.05. The maximum atomic E-state index is 13.1. The summed E-state index contributed by atoms with van der Waals surface area (Å²) in [6.45, 7) is 1.95. The fourth-order valence-electron chi connectivity index (χ4n) is 2.76. The molecule has 0 spiro atoms. The minimum atomic E-state index is -0.310. The molecule has 0 fully saturated rings. The summed E-state index contributed by atoms with van der Waals surface area (Å²) < 4.78 is 15.7. The van der Waals surface area contributed by atoms with Gasteiger partial charge in [-0.15, -0.1) is 11.3 Å². The number of aromatic nitrogens is 3. The summed E-state index contributed by atoms with van der Waals surface area (Å²) in [5, 5.41) is 8.21. The van der Waals surface area contributed by atoms with Gasteiger partial charge >= 0.3 is 0 Å². The van der Waals surface area contributed by atoms with E-state index in [-0.39, 0.29) is 11.7 Å². The molecule has 26 heavy (non-hydrogen) atoms. The van der Waals surface area contributed by atoms with Crippen molar-refractivity contribution in [1.82, 2.24) is 14.8 Å². The summed E-state index contributed by atoms with van der Waals surface area (Å²) in [5.41, 5.74) is 3.32. The molecule has 0 saturated heterocycles. The maximum absolute atomic E-state index is 13.1. The number of halogens is 1. The molecule has 2 aromatic heterocycles. The molecular formula is C19H15FN4OS. The van der Waals surface area contributed by atoms with Gasteiger partial charge in [-0.3, -0.25) is 9.48 Å². The monoisotopic (exact) mass is 366 g/mol. The first-order valence-corrected chi connectivity index (χ1v) is 8.80. The van der Waals surface area contributed by atoms with Gasteiger partial charge in [0.2, 0.25) is 0 Å². The molecule has 1 amide bonds. The maximum Gasteiger partial charge on any atom is 0.273 e. The Morgan fingerprint density at radius 2 is 1.92 bits per heavy atom. The van der Waals surface area contributed by atoms with Crippen LogP contribution in [0, 0.1) is 12.7 Å². The van der Waals surface area contributed by atoms with Crippen molar-refractivity contribution in [2.45, 2.75) is 6.92 Å². The second kappa shape index (κ2) is 6.34. The fraction of sp³-hybridized carbons (Fsp3) is 0.105. The fourth-order valence-corrected chi connectivity index (χ4v) is 3.56.